The van der Waals surface area contributed by atoms with Crippen LogP contribution >= 0.6 is 0 Å². The molecule has 3 aromatic carbocycles. The van der Waals surface area contributed by atoms with Crippen LogP contribution in [0.25, 0.3) is 33.3 Å². The monoisotopic (exact) mass is 394 g/mol. The van der Waals surface area contributed by atoms with Crippen molar-refractivity contribution in [2.75, 3.05) is 12.4 Å². The fourth-order valence-corrected chi connectivity index (χ4v) is 3.42. The first-order chi connectivity index (χ1) is 14.7. The van der Waals surface area contributed by atoms with Gasteiger partial charge < -0.3 is 15.0 Å². The van der Waals surface area contributed by atoms with Gasteiger partial charge in [-0.2, -0.15) is 0 Å². The number of hydrogen-bond acceptors (Lipinski definition) is 4. The molecule has 0 aliphatic rings. The number of carbonyl (C=O) groups is 1. The Kier molecular flexibility index (Phi) is 4.37. The third-order valence-corrected chi connectivity index (χ3v) is 4.95. The van der Waals surface area contributed by atoms with Gasteiger partial charge in [0.25, 0.3) is 5.91 Å². The van der Waals surface area contributed by atoms with Crippen LogP contribution in [0.4, 0.5) is 5.69 Å². The highest BCUT2D eigenvalue weighted by Crippen LogP contribution is 2.28. The van der Waals surface area contributed by atoms with Gasteiger partial charge in [0.2, 0.25) is 0 Å². The first kappa shape index (κ1) is 17.9. The molecular formula is C24H18N4O2. The summed E-state index contributed by atoms with van der Waals surface area (Å²) in [6.45, 7) is 0. The summed E-state index contributed by atoms with van der Waals surface area (Å²) < 4.78 is 5.24. The maximum Gasteiger partial charge on any atom is 0.274 e. The number of anilines is 1. The fraction of sp³-hybridized carbons (Fsp3) is 0.0417. The summed E-state index contributed by atoms with van der Waals surface area (Å²) in [6, 6.07) is 24.5. The predicted molar refractivity (Wildman–Crippen MR) is 118 cm³/mol. The Bertz CT molecular complexity index is 1360. The number of methoxy groups -OCH3 is 1. The summed E-state index contributed by atoms with van der Waals surface area (Å²) in [5.41, 5.74) is 4.37. The number of carbonyl (C=O) groups excluding carboxylic acids is 1. The fourth-order valence-electron chi connectivity index (χ4n) is 3.42. The summed E-state index contributed by atoms with van der Waals surface area (Å²) in [5.74, 6) is 1.17. The zero-order valence-electron chi connectivity index (χ0n) is 16.2. The maximum absolute atomic E-state index is 12.9. The number of hydrogen-bond donors (Lipinski definition) is 2. The van der Waals surface area contributed by atoms with Crippen LogP contribution in [0.2, 0.25) is 0 Å². The molecule has 2 N–H and O–H groups in total. The van der Waals surface area contributed by atoms with E-state index in [2.05, 4.69) is 20.3 Å². The number of para-hydroxylation sites is 3. The first-order valence-electron chi connectivity index (χ1n) is 9.51. The lowest BCUT2D eigenvalue weighted by Gasteiger charge is -2.10. The summed E-state index contributed by atoms with van der Waals surface area (Å²) in [6.07, 6.45) is 0. The number of benzene rings is 3. The van der Waals surface area contributed by atoms with E-state index in [0.29, 0.717) is 17.2 Å². The lowest BCUT2D eigenvalue weighted by molar-refractivity contribution is 0.102. The van der Waals surface area contributed by atoms with E-state index in [1.165, 1.54) is 0 Å². The van der Waals surface area contributed by atoms with E-state index in [1.807, 2.05) is 72.8 Å². The molecule has 6 nitrogen and oxygen atoms in total. The van der Waals surface area contributed by atoms with Crippen LogP contribution in [0.15, 0.2) is 78.9 Å². The van der Waals surface area contributed by atoms with Crippen molar-refractivity contribution in [3.8, 4) is 17.1 Å². The van der Waals surface area contributed by atoms with Crippen molar-refractivity contribution in [2.24, 2.45) is 0 Å². The normalized spacial score (nSPS) is 11.0. The molecular weight excluding hydrogens is 376 g/mol. The van der Waals surface area contributed by atoms with Gasteiger partial charge in [-0.3, -0.25) is 4.79 Å². The van der Waals surface area contributed by atoms with E-state index in [-0.39, 0.29) is 5.91 Å². The van der Waals surface area contributed by atoms with Crippen LogP contribution in [-0.4, -0.2) is 28.0 Å². The van der Waals surface area contributed by atoms with E-state index in [1.54, 1.807) is 13.2 Å². The molecule has 0 aliphatic carbocycles. The third-order valence-electron chi connectivity index (χ3n) is 4.95. The molecule has 30 heavy (non-hydrogen) atoms. The summed E-state index contributed by atoms with van der Waals surface area (Å²) in [7, 11) is 1.62. The summed E-state index contributed by atoms with van der Waals surface area (Å²) in [4.78, 5) is 25.4. The van der Waals surface area contributed by atoms with Gasteiger partial charge in [-0.05, 0) is 48.5 Å². The first-order valence-corrected chi connectivity index (χ1v) is 9.51. The van der Waals surface area contributed by atoms with Crippen LogP contribution in [0, 0.1) is 0 Å². The van der Waals surface area contributed by atoms with E-state index >= 15 is 0 Å². The zero-order valence-corrected chi connectivity index (χ0v) is 16.2. The van der Waals surface area contributed by atoms with Crippen LogP contribution in [0.5, 0.6) is 5.75 Å². The molecule has 0 saturated heterocycles. The van der Waals surface area contributed by atoms with Gasteiger partial charge in [0.15, 0.2) is 0 Å². The Morgan fingerprint density at radius 1 is 0.900 bits per heavy atom. The molecule has 0 bridgehead atoms. The largest absolute Gasteiger partial charge is 0.497 e. The minimum atomic E-state index is -0.281. The number of aromatic nitrogens is 3. The summed E-state index contributed by atoms with van der Waals surface area (Å²) in [5, 5.41) is 3.88. The average Bonchev–Trinajstić information content (AvgIpc) is 3.22. The number of amides is 1. The van der Waals surface area contributed by atoms with Gasteiger partial charge in [0.1, 0.15) is 17.3 Å². The molecule has 0 aliphatic heterocycles. The highest BCUT2D eigenvalue weighted by atomic mass is 16.5. The Hall–Kier alpha value is -4.19. The van der Waals surface area contributed by atoms with Crippen molar-refractivity contribution in [2.45, 2.75) is 0 Å². The van der Waals surface area contributed by atoms with Crippen molar-refractivity contribution in [3.05, 3.63) is 84.6 Å². The second kappa shape index (κ2) is 7.33. The molecule has 146 valence electrons. The molecule has 5 rings (SSSR count). The van der Waals surface area contributed by atoms with E-state index in [0.717, 1.165) is 33.2 Å². The number of aromatic amines is 1. The molecule has 0 unspecified atom stereocenters. The molecule has 0 atom stereocenters. The zero-order chi connectivity index (χ0) is 20.5. The molecule has 0 saturated carbocycles. The standard InChI is InChI=1S/C24H18N4O2/c1-30-16-11-13-18-15(14-16)10-12-22(25-18)24(29)28-19-7-3-2-6-17(19)23-26-20-8-4-5-9-21(20)27-23/h2-14H,1H3,(H,26,27)(H,28,29). The second-order valence-electron chi connectivity index (χ2n) is 6.86. The molecule has 0 radical (unpaired) electrons. The SMILES string of the molecule is COc1ccc2nc(C(=O)Nc3ccccc3-c3nc4ccccc4[nH]3)ccc2c1. The van der Waals surface area contributed by atoms with Gasteiger partial charge in [0.05, 0.1) is 29.3 Å². The Morgan fingerprint density at radius 3 is 2.60 bits per heavy atom. The molecule has 1 amide bonds. The van der Waals surface area contributed by atoms with Crippen molar-refractivity contribution in [1.29, 1.82) is 0 Å². The summed E-state index contributed by atoms with van der Waals surface area (Å²) >= 11 is 0. The van der Waals surface area contributed by atoms with Crippen molar-refractivity contribution in [3.63, 3.8) is 0 Å². The molecule has 0 spiro atoms. The van der Waals surface area contributed by atoms with Gasteiger partial charge in [-0.25, -0.2) is 9.97 Å². The van der Waals surface area contributed by atoms with Crippen molar-refractivity contribution >= 4 is 33.5 Å². The molecule has 6 heteroatoms. The maximum atomic E-state index is 12.9. The topological polar surface area (TPSA) is 79.9 Å². The van der Waals surface area contributed by atoms with Crippen LogP contribution in [0.1, 0.15) is 10.5 Å². The van der Waals surface area contributed by atoms with Crippen molar-refractivity contribution in [1.82, 2.24) is 15.0 Å². The Morgan fingerprint density at radius 2 is 1.73 bits per heavy atom. The van der Waals surface area contributed by atoms with Crippen LogP contribution in [-0.2, 0) is 0 Å². The van der Waals surface area contributed by atoms with E-state index in [9.17, 15) is 4.79 Å². The number of nitrogens with zero attached hydrogens (tertiary/aromatic N) is 2. The smallest absolute Gasteiger partial charge is 0.274 e. The Labute approximate surface area is 172 Å². The Balaban J connectivity index is 1.47. The lowest BCUT2D eigenvalue weighted by Crippen LogP contribution is -2.14. The van der Waals surface area contributed by atoms with Gasteiger partial charge in [-0.1, -0.05) is 30.3 Å². The van der Waals surface area contributed by atoms with E-state index in [4.69, 9.17) is 4.74 Å². The van der Waals surface area contributed by atoms with Crippen LogP contribution < -0.4 is 10.1 Å². The lowest BCUT2D eigenvalue weighted by atomic mass is 10.1. The minimum Gasteiger partial charge on any atom is -0.497 e. The molecule has 0 fully saturated rings. The minimum absolute atomic E-state index is 0.281. The van der Waals surface area contributed by atoms with Crippen molar-refractivity contribution < 1.29 is 9.53 Å². The molecule has 2 heterocycles. The molecule has 5 aromatic rings. The number of fused-ring (bicyclic) bond motifs is 2. The number of ether oxygens (including phenoxy) is 1. The van der Waals surface area contributed by atoms with Gasteiger partial charge in [0, 0.05) is 10.9 Å². The highest BCUT2D eigenvalue weighted by molar-refractivity contribution is 6.06. The number of rotatable bonds is 4. The number of H-pyrrole nitrogens is 1. The van der Waals surface area contributed by atoms with Gasteiger partial charge >= 0.3 is 0 Å². The predicted octanol–water partition coefficient (Wildman–Crippen LogP) is 5.04. The average molecular weight is 394 g/mol. The molecule has 2 aromatic heterocycles. The van der Waals surface area contributed by atoms with E-state index < -0.39 is 0 Å². The second-order valence-corrected chi connectivity index (χ2v) is 6.86. The van der Waals surface area contributed by atoms with Crippen LogP contribution in [0.3, 0.4) is 0 Å². The number of nitrogens with one attached hydrogen (secondary N) is 2. The third kappa shape index (κ3) is 3.24. The highest BCUT2D eigenvalue weighted by Gasteiger charge is 2.14. The number of pyridine rings is 1. The van der Waals surface area contributed by atoms with Gasteiger partial charge in [-0.15, -0.1) is 0 Å². The quantitative estimate of drug-likeness (QED) is 0.448. The number of imidazole rings is 1.